The van der Waals surface area contributed by atoms with Crippen molar-refractivity contribution in [3.63, 3.8) is 0 Å². The Balaban J connectivity index is 1.98. The first-order valence-corrected chi connectivity index (χ1v) is 9.98. The third kappa shape index (κ3) is 4.33. The quantitative estimate of drug-likeness (QED) is 0.867. The minimum Gasteiger partial charge on any atom is -0.352 e. The SMILES string of the molecule is Cc1cccc(C(=O)N2C(C(=O)NC(C)C)CSC2c2cccc(F)c2)c1. The van der Waals surface area contributed by atoms with Gasteiger partial charge in [0, 0.05) is 17.4 Å². The van der Waals surface area contributed by atoms with Gasteiger partial charge in [-0.2, -0.15) is 0 Å². The Labute approximate surface area is 163 Å². The summed E-state index contributed by atoms with van der Waals surface area (Å²) >= 11 is 1.48. The zero-order valence-corrected chi connectivity index (χ0v) is 16.4. The zero-order valence-electron chi connectivity index (χ0n) is 15.6. The molecule has 2 aromatic carbocycles. The van der Waals surface area contributed by atoms with E-state index in [4.69, 9.17) is 0 Å². The molecule has 0 saturated carbocycles. The fourth-order valence-electron chi connectivity index (χ4n) is 3.18. The number of aryl methyl sites for hydroxylation is 1. The van der Waals surface area contributed by atoms with Crippen molar-refractivity contribution >= 4 is 23.6 Å². The molecule has 0 bridgehead atoms. The van der Waals surface area contributed by atoms with Crippen molar-refractivity contribution < 1.29 is 14.0 Å². The van der Waals surface area contributed by atoms with Crippen molar-refractivity contribution in [2.45, 2.75) is 38.2 Å². The average Bonchev–Trinajstić information content (AvgIpc) is 3.05. The van der Waals surface area contributed by atoms with E-state index in [0.29, 0.717) is 16.9 Å². The molecule has 2 amide bonds. The number of carbonyl (C=O) groups is 2. The Kier molecular flexibility index (Phi) is 5.85. The Morgan fingerprint density at radius 1 is 1.19 bits per heavy atom. The number of carbonyl (C=O) groups excluding carboxylic acids is 2. The number of rotatable bonds is 4. The molecule has 2 aromatic rings. The summed E-state index contributed by atoms with van der Waals surface area (Å²) in [7, 11) is 0. The van der Waals surface area contributed by atoms with Gasteiger partial charge in [-0.1, -0.05) is 29.8 Å². The molecule has 0 aromatic heterocycles. The fraction of sp³-hybridized carbons (Fsp3) is 0.333. The van der Waals surface area contributed by atoms with E-state index in [2.05, 4.69) is 5.32 Å². The highest BCUT2D eigenvalue weighted by molar-refractivity contribution is 7.99. The van der Waals surface area contributed by atoms with Crippen molar-refractivity contribution in [1.82, 2.24) is 10.2 Å². The number of hydrogen-bond acceptors (Lipinski definition) is 3. The molecule has 2 unspecified atom stereocenters. The topological polar surface area (TPSA) is 49.4 Å². The summed E-state index contributed by atoms with van der Waals surface area (Å²) in [6.45, 7) is 5.69. The lowest BCUT2D eigenvalue weighted by Crippen LogP contribution is -2.49. The predicted molar refractivity (Wildman–Crippen MR) is 106 cm³/mol. The molecule has 1 fully saturated rings. The first kappa shape index (κ1) is 19.4. The monoisotopic (exact) mass is 386 g/mol. The van der Waals surface area contributed by atoms with Crippen LogP contribution in [0.4, 0.5) is 4.39 Å². The highest BCUT2D eigenvalue weighted by Crippen LogP contribution is 2.42. The number of amides is 2. The van der Waals surface area contributed by atoms with Gasteiger partial charge in [-0.05, 0) is 50.6 Å². The molecule has 1 heterocycles. The van der Waals surface area contributed by atoms with Crippen molar-refractivity contribution in [3.05, 3.63) is 71.0 Å². The predicted octanol–water partition coefficient (Wildman–Crippen LogP) is 3.92. The Hall–Kier alpha value is -2.34. The third-order valence-corrected chi connectivity index (χ3v) is 5.69. The summed E-state index contributed by atoms with van der Waals surface area (Å²) < 4.78 is 13.8. The number of halogens is 1. The normalized spacial score (nSPS) is 19.4. The first-order valence-electron chi connectivity index (χ1n) is 8.93. The summed E-state index contributed by atoms with van der Waals surface area (Å²) in [5.41, 5.74) is 2.18. The van der Waals surface area contributed by atoms with Crippen LogP contribution >= 0.6 is 11.8 Å². The van der Waals surface area contributed by atoms with E-state index in [1.807, 2.05) is 39.0 Å². The lowest BCUT2D eigenvalue weighted by atomic mass is 10.1. The van der Waals surface area contributed by atoms with Crippen LogP contribution in [0, 0.1) is 12.7 Å². The minimum absolute atomic E-state index is 0.0216. The molecule has 1 aliphatic heterocycles. The molecule has 0 radical (unpaired) electrons. The van der Waals surface area contributed by atoms with Gasteiger partial charge >= 0.3 is 0 Å². The molecule has 1 saturated heterocycles. The number of benzene rings is 2. The van der Waals surface area contributed by atoms with Crippen LogP contribution in [0.5, 0.6) is 0 Å². The van der Waals surface area contributed by atoms with Crippen LogP contribution < -0.4 is 5.32 Å². The molecule has 3 rings (SSSR count). The summed E-state index contributed by atoms with van der Waals surface area (Å²) in [6, 6.07) is 12.9. The number of nitrogens with one attached hydrogen (secondary N) is 1. The minimum atomic E-state index is -0.598. The van der Waals surface area contributed by atoms with E-state index in [1.54, 1.807) is 23.1 Å². The second kappa shape index (κ2) is 8.13. The smallest absolute Gasteiger partial charge is 0.255 e. The zero-order chi connectivity index (χ0) is 19.6. The maximum Gasteiger partial charge on any atom is 0.255 e. The van der Waals surface area contributed by atoms with Crippen molar-refractivity contribution in [3.8, 4) is 0 Å². The van der Waals surface area contributed by atoms with Crippen LogP contribution in [0.2, 0.25) is 0 Å². The fourth-order valence-corrected chi connectivity index (χ4v) is 4.60. The van der Waals surface area contributed by atoms with E-state index in [-0.39, 0.29) is 23.7 Å². The first-order chi connectivity index (χ1) is 12.9. The molecule has 1 aliphatic rings. The molecule has 6 heteroatoms. The molecule has 4 nitrogen and oxygen atoms in total. The van der Waals surface area contributed by atoms with E-state index in [1.165, 1.54) is 23.9 Å². The lowest BCUT2D eigenvalue weighted by molar-refractivity contribution is -0.125. The Morgan fingerprint density at radius 2 is 1.93 bits per heavy atom. The number of hydrogen-bond donors (Lipinski definition) is 1. The molecular formula is C21H23FN2O2S. The van der Waals surface area contributed by atoms with Crippen LogP contribution in [0.3, 0.4) is 0 Å². The van der Waals surface area contributed by atoms with Gasteiger partial charge in [-0.3, -0.25) is 9.59 Å². The van der Waals surface area contributed by atoms with Crippen molar-refractivity contribution in [2.75, 3.05) is 5.75 Å². The summed E-state index contributed by atoms with van der Waals surface area (Å²) in [6.07, 6.45) is 0. The van der Waals surface area contributed by atoms with Crippen LogP contribution in [0.25, 0.3) is 0 Å². The summed E-state index contributed by atoms with van der Waals surface area (Å²) in [5, 5.41) is 2.49. The van der Waals surface area contributed by atoms with Gasteiger partial charge in [0.25, 0.3) is 5.91 Å². The molecule has 27 heavy (non-hydrogen) atoms. The summed E-state index contributed by atoms with van der Waals surface area (Å²) in [4.78, 5) is 27.6. The molecular weight excluding hydrogens is 363 g/mol. The molecule has 0 aliphatic carbocycles. The largest absolute Gasteiger partial charge is 0.352 e. The highest BCUT2D eigenvalue weighted by atomic mass is 32.2. The van der Waals surface area contributed by atoms with Crippen LogP contribution in [0.1, 0.15) is 40.7 Å². The highest BCUT2D eigenvalue weighted by Gasteiger charge is 2.42. The average molecular weight is 386 g/mol. The van der Waals surface area contributed by atoms with E-state index in [9.17, 15) is 14.0 Å². The van der Waals surface area contributed by atoms with Crippen LogP contribution in [0.15, 0.2) is 48.5 Å². The van der Waals surface area contributed by atoms with Gasteiger partial charge in [-0.25, -0.2) is 4.39 Å². The van der Waals surface area contributed by atoms with Gasteiger partial charge in [0.2, 0.25) is 5.91 Å². The van der Waals surface area contributed by atoms with Gasteiger partial charge < -0.3 is 10.2 Å². The lowest BCUT2D eigenvalue weighted by Gasteiger charge is -2.29. The van der Waals surface area contributed by atoms with Gasteiger partial charge in [0.1, 0.15) is 17.2 Å². The second-order valence-corrected chi connectivity index (χ2v) is 8.11. The van der Waals surface area contributed by atoms with Crippen LogP contribution in [-0.4, -0.2) is 34.6 Å². The second-order valence-electron chi connectivity index (χ2n) is 7.00. The van der Waals surface area contributed by atoms with E-state index >= 15 is 0 Å². The Morgan fingerprint density at radius 3 is 2.59 bits per heavy atom. The van der Waals surface area contributed by atoms with Gasteiger partial charge in [0.05, 0.1) is 0 Å². The van der Waals surface area contributed by atoms with E-state index in [0.717, 1.165) is 5.56 Å². The molecule has 142 valence electrons. The maximum absolute atomic E-state index is 13.8. The molecule has 2 atom stereocenters. The van der Waals surface area contributed by atoms with E-state index < -0.39 is 11.4 Å². The number of nitrogens with zero attached hydrogens (tertiary/aromatic N) is 1. The molecule has 1 N–H and O–H groups in total. The number of thioether (sulfide) groups is 1. The van der Waals surface area contributed by atoms with Gasteiger partial charge in [0.15, 0.2) is 0 Å². The Bertz CT molecular complexity index is 856. The van der Waals surface area contributed by atoms with Crippen molar-refractivity contribution in [2.24, 2.45) is 0 Å². The van der Waals surface area contributed by atoms with Crippen LogP contribution in [-0.2, 0) is 4.79 Å². The molecule has 0 spiro atoms. The third-order valence-electron chi connectivity index (χ3n) is 4.37. The van der Waals surface area contributed by atoms with Gasteiger partial charge in [-0.15, -0.1) is 11.8 Å². The maximum atomic E-state index is 13.8. The van der Waals surface area contributed by atoms with Crippen molar-refractivity contribution in [1.29, 1.82) is 0 Å². The standard InChI is InChI=1S/C21H23FN2O2S/c1-13(2)23-19(25)18-12-27-21(16-8-5-9-17(22)11-16)24(18)20(26)15-7-4-6-14(3)10-15/h4-11,13,18,21H,12H2,1-3H3,(H,23,25). The summed E-state index contributed by atoms with van der Waals surface area (Å²) in [5.74, 6) is -0.289.